The number of aryl methyl sites for hydroxylation is 1. The summed E-state index contributed by atoms with van der Waals surface area (Å²) >= 11 is 0. The predicted molar refractivity (Wildman–Crippen MR) is 79.9 cm³/mol. The van der Waals surface area contributed by atoms with Crippen LogP contribution in [0.4, 0.5) is 0 Å². The minimum Gasteiger partial charge on any atom is -0.467 e. The van der Waals surface area contributed by atoms with Gasteiger partial charge in [-0.2, -0.15) is 0 Å². The van der Waals surface area contributed by atoms with Gasteiger partial charge in [0.25, 0.3) is 0 Å². The van der Waals surface area contributed by atoms with Gasteiger partial charge in [-0.25, -0.2) is 4.79 Å². The highest BCUT2D eigenvalue weighted by molar-refractivity contribution is 5.83. The van der Waals surface area contributed by atoms with Crippen LogP contribution in [-0.4, -0.2) is 37.6 Å². The first kappa shape index (κ1) is 15.5. The number of fused-ring (bicyclic) bond motifs is 1. The molecule has 21 heavy (non-hydrogen) atoms. The number of methoxy groups -OCH3 is 1. The number of ether oxygens (including phenoxy) is 1. The molecule has 2 unspecified atom stereocenters. The van der Waals surface area contributed by atoms with Gasteiger partial charge in [0.2, 0.25) is 5.91 Å². The number of carbonyl (C=O) groups is 2. The quantitative estimate of drug-likeness (QED) is 0.788. The molecule has 1 aliphatic rings. The molecule has 0 spiro atoms. The van der Waals surface area contributed by atoms with Crippen molar-refractivity contribution in [1.82, 2.24) is 10.6 Å². The molecule has 1 amide bonds. The van der Waals surface area contributed by atoms with Crippen LogP contribution in [0.25, 0.3) is 0 Å². The number of benzene rings is 1. The first-order chi connectivity index (χ1) is 10.1. The Morgan fingerprint density at radius 2 is 2.05 bits per heavy atom. The van der Waals surface area contributed by atoms with Crippen LogP contribution in [0.1, 0.15) is 24.5 Å². The summed E-state index contributed by atoms with van der Waals surface area (Å²) in [5, 5.41) is 5.98. The summed E-state index contributed by atoms with van der Waals surface area (Å²) in [5.74, 6) is -0.657. The zero-order chi connectivity index (χ0) is 15.2. The third kappa shape index (κ3) is 4.29. The average Bonchev–Trinajstić information content (AvgIpc) is 2.50. The Morgan fingerprint density at radius 3 is 2.71 bits per heavy atom. The second-order valence-electron chi connectivity index (χ2n) is 5.39. The van der Waals surface area contributed by atoms with Crippen LogP contribution in [0.15, 0.2) is 24.3 Å². The summed E-state index contributed by atoms with van der Waals surface area (Å²) in [6.07, 6.45) is 3.02. The largest absolute Gasteiger partial charge is 0.467 e. The fourth-order valence-corrected chi connectivity index (χ4v) is 2.74. The van der Waals surface area contributed by atoms with Gasteiger partial charge in [-0.15, -0.1) is 0 Å². The van der Waals surface area contributed by atoms with E-state index in [2.05, 4.69) is 34.9 Å². The molecule has 0 heterocycles. The minimum absolute atomic E-state index is 0.235. The van der Waals surface area contributed by atoms with Crippen LogP contribution in [-0.2, 0) is 27.2 Å². The highest BCUT2D eigenvalue weighted by Gasteiger charge is 2.23. The highest BCUT2D eigenvalue weighted by Crippen LogP contribution is 2.20. The molecule has 5 heteroatoms. The fourth-order valence-electron chi connectivity index (χ4n) is 2.74. The Bertz CT molecular complexity index is 516. The molecule has 0 aliphatic heterocycles. The van der Waals surface area contributed by atoms with Crippen molar-refractivity contribution in [3.8, 4) is 0 Å². The van der Waals surface area contributed by atoms with E-state index in [-0.39, 0.29) is 5.91 Å². The Morgan fingerprint density at radius 1 is 1.33 bits per heavy atom. The second kappa shape index (κ2) is 7.22. The van der Waals surface area contributed by atoms with E-state index >= 15 is 0 Å². The van der Waals surface area contributed by atoms with Gasteiger partial charge in [-0.3, -0.25) is 4.79 Å². The van der Waals surface area contributed by atoms with E-state index in [1.165, 1.54) is 25.2 Å². The molecule has 0 saturated heterocycles. The molecule has 2 rings (SSSR count). The molecule has 5 nitrogen and oxygen atoms in total. The van der Waals surface area contributed by atoms with Crippen molar-refractivity contribution in [2.75, 3.05) is 13.7 Å². The summed E-state index contributed by atoms with van der Waals surface area (Å²) in [6, 6.07) is 8.12. The van der Waals surface area contributed by atoms with Crippen molar-refractivity contribution >= 4 is 11.9 Å². The van der Waals surface area contributed by atoms with Crippen molar-refractivity contribution in [2.45, 2.75) is 38.3 Å². The number of nitrogens with one attached hydrogen (secondary N) is 2. The van der Waals surface area contributed by atoms with Crippen LogP contribution < -0.4 is 10.6 Å². The number of carbonyl (C=O) groups excluding carboxylic acids is 2. The molecule has 0 saturated carbocycles. The van der Waals surface area contributed by atoms with Crippen molar-refractivity contribution in [2.24, 2.45) is 0 Å². The van der Waals surface area contributed by atoms with E-state index < -0.39 is 12.0 Å². The van der Waals surface area contributed by atoms with Gasteiger partial charge in [0, 0.05) is 19.5 Å². The first-order valence-electron chi connectivity index (χ1n) is 7.25. The zero-order valence-electron chi connectivity index (χ0n) is 12.5. The van der Waals surface area contributed by atoms with Gasteiger partial charge in [0.1, 0.15) is 6.04 Å². The molecular weight excluding hydrogens is 268 g/mol. The number of hydrogen-bond donors (Lipinski definition) is 2. The molecule has 0 aromatic heterocycles. The average molecular weight is 290 g/mol. The molecular formula is C16H22N2O3. The number of hydrogen-bond acceptors (Lipinski definition) is 4. The van der Waals surface area contributed by atoms with Crippen molar-refractivity contribution in [3.63, 3.8) is 0 Å². The molecule has 0 fully saturated rings. The molecule has 114 valence electrons. The van der Waals surface area contributed by atoms with Gasteiger partial charge in [0.05, 0.1) is 7.11 Å². The third-order valence-corrected chi connectivity index (χ3v) is 3.82. The van der Waals surface area contributed by atoms with E-state index in [1.807, 2.05) is 0 Å². The van der Waals surface area contributed by atoms with E-state index in [4.69, 9.17) is 4.74 Å². The minimum atomic E-state index is -0.635. The summed E-state index contributed by atoms with van der Waals surface area (Å²) in [6.45, 7) is 1.78. The Balaban J connectivity index is 1.90. The van der Waals surface area contributed by atoms with Gasteiger partial charge in [-0.1, -0.05) is 24.3 Å². The lowest BCUT2D eigenvalue weighted by Gasteiger charge is -2.27. The van der Waals surface area contributed by atoms with Crippen LogP contribution in [0.3, 0.4) is 0 Å². The van der Waals surface area contributed by atoms with Gasteiger partial charge < -0.3 is 15.4 Å². The normalized spacial score (nSPS) is 18.5. The van der Waals surface area contributed by atoms with Crippen molar-refractivity contribution in [1.29, 1.82) is 0 Å². The number of esters is 1. The van der Waals surface area contributed by atoms with Crippen molar-refractivity contribution < 1.29 is 14.3 Å². The summed E-state index contributed by atoms with van der Waals surface area (Å²) in [4.78, 5) is 22.8. The van der Waals surface area contributed by atoms with Crippen molar-refractivity contribution in [3.05, 3.63) is 35.4 Å². The lowest BCUT2D eigenvalue weighted by Crippen LogP contribution is -2.50. The summed E-state index contributed by atoms with van der Waals surface area (Å²) in [5.41, 5.74) is 2.76. The number of amides is 1. The van der Waals surface area contributed by atoms with E-state index in [9.17, 15) is 9.59 Å². The lowest BCUT2D eigenvalue weighted by atomic mass is 9.88. The molecule has 2 atom stereocenters. The first-order valence-corrected chi connectivity index (χ1v) is 7.25. The van der Waals surface area contributed by atoms with Gasteiger partial charge >= 0.3 is 5.97 Å². The lowest BCUT2D eigenvalue weighted by molar-refractivity contribution is -0.144. The maximum absolute atomic E-state index is 11.6. The van der Waals surface area contributed by atoms with Crippen LogP contribution in [0.5, 0.6) is 0 Å². The molecule has 1 aromatic rings. The van der Waals surface area contributed by atoms with E-state index in [0.29, 0.717) is 12.6 Å². The molecule has 0 bridgehead atoms. The standard InChI is InChI=1S/C16H22N2O3/c1-11(19)18-15(16(20)21-2)10-17-14-8-7-12-5-3-4-6-13(12)9-14/h3-6,14-15,17H,7-10H2,1-2H3,(H,18,19). The Hall–Kier alpha value is -1.88. The number of rotatable bonds is 5. The SMILES string of the molecule is COC(=O)C(CNC1CCc2ccccc2C1)NC(C)=O. The predicted octanol–water partition coefficient (Wildman–Crippen LogP) is 0.811. The Labute approximate surface area is 125 Å². The summed E-state index contributed by atoms with van der Waals surface area (Å²) < 4.78 is 4.72. The molecule has 1 aromatic carbocycles. The fraction of sp³-hybridized carbons (Fsp3) is 0.500. The van der Waals surface area contributed by atoms with Crippen LogP contribution in [0, 0.1) is 0 Å². The second-order valence-corrected chi connectivity index (χ2v) is 5.39. The van der Waals surface area contributed by atoms with Crippen LogP contribution in [0.2, 0.25) is 0 Å². The molecule has 1 aliphatic carbocycles. The molecule has 2 N–H and O–H groups in total. The highest BCUT2D eigenvalue weighted by atomic mass is 16.5. The maximum atomic E-state index is 11.6. The smallest absolute Gasteiger partial charge is 0.329 e. The Kier molecular flexibility index (Phi) is 5.33. The van der Waals surface area contributed by atoms with E-state index in [1.54, 1.807) is 0 Å². The zero-order valence-corrected chi connectivity index (χ0v) is 12.5. The van der Waals surface area contributed by atoms with E-state index in [0.717, 1.165) is 19.3 Å². The topological polar surface area (TPSA) is 67.4 Å². The summed E-state index contributed by atoms with van der Waals surface area (Å²) in [7, 11) is 1.33. The molecule has 0 radical (unpaired) electrons. The maximum Gasteiger partial charge on any atom is 0.329 e. The third-order valence-electron chi connectivity index (χ3n) is 3.82. The van der Waals surface area contributed by atoms with Gasteiger partial charge in [-0.05, 0) is 30.4 Å². The van der Waals surface area contributed by atoms with Gasteiger partial charge in [0.15, 0.2) is 0 Å². The van der Waals surface area contributed by atoms with Crippen LogP contribution >= 0.6 is 0 Å². The monoisotopic (exact) mass is 290 g/mol.